The van der Waals surface area contributed by atoms with E-state index in [4.69, 9.17) is 0 Å². The first-order valence-electron chi connectivity index (χ1n) is 10.2. The van der Waals surface area contributed by atoms with Crippen molar-refractivity contribution in [3.63, 3.8) is 0 Å². The number of carboxylic acid groups (broad SMARTS) is 1. The number of anilines is 1. The zero-order valence-electron chi connectivity index (χ0n) is 17.4. The van der Waals surface area contributed by atoms with Crippen LogP contribution in [0.5, 0.6) is 0 Å². The molecule has 0 bridgehead atoms. The van der Waals surface area contributed by atoms with Gasteiger partial charge in [-0.15, -0.1) is 0 Å². The summed E-state index contributed by atoms with van der Waals surface area (Å²) in [6, 6.07) is 7.96. The summed E-state index contributed by atoms with van der Waals surface area (Å²) in [6.07, 6.45) is 1.11. The molecular weight excluding hydrogens is 404 g/mol. The molecule has 1 aromatic heterocycles. The van der Waals surface area contributed by atoms with Gasteiger partial charge in [-0.3, -0.25) is 4.79 Å². The molecule has 0 unspecified atom stereocenters. The molecule has 0 aliphatic carbocycles. The second kappa shape index (κ2) is 8.11. The quantitative estimate of drug-likeness (QED) is 0.691. The summed E-state index contributed by atoms with van der Waals surface area (Å²) in [7, 11) is 0. The van der Waals surface area contributed by atoms with Crippen LogP contribution < -0.4 is 10.3 Å². The number of benzene rings is 2. The predicted molar refractivity (Wildman–Crippen MR) is 115 cm³/mol. The van der Waals surface area contributed by atoms with Crippen LogP contribution in [-0.2, 0) is 0 Å². The molecule has 1 fully saturated rings. The van der Waals surface area contributed by atoms with Crippen LogP contribution in [0.15, 0.2) is 41.3 Å². The van der Waals surface area contributed by atoms with Crippen molar-refractivity contribution in [2.45, 2.75) is 13.8 Å². The molecular formula is C23H23F2N3O3. The Bertz CT molecular complexity index is 1210. The van der Waals surface area contributed by atoms with Gasteiger partial charge >= 0.3 is 5.97 Å². The maximum Gasteiger partial charge on any atom is 0.341 e. The lowest BCUT2D eigenvalue weighted by molar-refractivity contribution is 0.0695. The first kappa shape index (κ1) is 21.0. The minimum atomic E-state index is -1.45. The lowest BCUT2D eigenvalue weighted by Gasteiger charge is -2.36. The fraction of sp³-hybridized carbons (Fsp3) is 0.304. The summed E-state index contributed by atoms with van der Waals surface area (Å²) in [6.45, 7) is 7.05. The predicted octanol–water partition coefficient (Wildman–Crippen LogP) is 3.42. The van der Waals surface area contributed by atoms with Crippen molar-refractivity contribution >= 4 is 22.6 Å². The van der Waals surface area contributed by atoms with E-state index in [1.54, 1.807) is 29.2 Å². The Morgan fingerprint density at radius 2 is 1.74 bits per heavy atom. The molecule has 1 aliphatic heterocycles. The maximum atomic E-state index is 15.8. The highest BCUT2D eigenvalue weighted by molar-refractivity contribution is 5.94. The molecule has 3 aromatic rings. The number of fused-ring (bicyclic) bond motifs is 1. The van der Waals surface area contributed by atoms with Crippen molar-refractivity contribution in [2.24, 2.45) is 0 Å². The molecule has 162 valence electrons. The fourth-order valence-electron chi connectivity index (χ4n) is 4.04. The topological polar surface area (TPSA) is 65.8 Å². The van der Waals surface area contributed by atoms with Crippen LogP contribution in [0.3, 0.4) is 0 Å². The molecule has 4 rings (SSSR count). The molecule has 0 atom stereocenters. The average Bonchev–Trinajstić information content (AvgIpc) is 2.75. The number of pyridine rings is 1. The van der Waals surface area contributed by atoms with E-state index in [1.165, 1.54) is 4.57 Å². The highest BCUT2D eigenvalue weighted by Crippen LogP contribution is 2.32. The summed E-state index contributed by atoms with van der Waals surface area (Å²) in [5, 5.41) is 9.17. The minimum Gasteiger partial charge on any atom is -0.477 e. The van der Waals surface area contributed by atoms with Crippen molar-refractivity contribution in [2.75, 3.05) is 37.6 Å². The van der Waals surface area contributed by atoms with Crippen LogP contribution in [0, 0.1) is 18.6 Å². The van der Waals surface area contributed by atoms with Crippen LogP contribution >= 0.6 is 0 Å². The van der Waals surface area contributed by atoms with Gasteiger partial charge in [0.25, 0.3) is 0 Å². The minimum absolute atomic E-state index is 0.131. The van der Waals surface area contributed by atoms with Crippen LogP contribution in [0.1, 0.15) is 22.8 Å². The van der Waals surface area contributed by atoms with Gasteiger partial charge in [-0.25, -0.2) is 13.6 Å². The molecule has 0 amide bonds. The van der Waals surface area contributed by atoms with E-state index in [-0.39, 0.29) is 16.6 Å². The van der Waals surface area contributed by atoms with Crippen LogP contribution in [0.2, 0.25) is 0 Å². The first-order chi connectivity index (χ1) is 14.8. The average molecular weight is 427 g/mol. The van der Waals surface area contributed by atoms with Gasteiger partial charge in [-0.2, -0.15) is 0 Å². The molecule has 0 saturated carbocycles. The molecule has 2 heterocycles. The number of likely N-dealkylation sites (N-methyl/N-ethyl adjacent to an activating group) is 1. The van der Waals surface area contributed by atoms with E-state index >= 15 is 8.78 Å². The van der Waals surface area contributed by atoms with Crippen molar-refractivity contribution in [3.05, 3.63) is 69.5 Å². The molecule has 1 N–H and O–H groups in total. The van der Waals surface area contributed by atoms with Gasteiger partial charge in [0.1, 0.15) is 17.1 Å². The third-order valence-electron chi connectivity index (χ3n) is 5.83. The number of halogens is 2. The summed E-state index contributed by atoms with van der Waals surface area (Å²) >= 11 is 0. The Labute approximate surface area is 177 Å². The number of carboxylic acids is 1. The molecule has 0 spiro atoms. The van der Waals surface area contributed by atoms with Gasteiger partial charge in [0, 0.05) is 38.1 Å². The number of carbonyl (C=O) groups is 1. The largest absolute Gasteiger partial charge is 0.477 e. The van der Waals surface area contributed by atoms with Crippen molar-refractivity contribution < 1.29 is 18.7 Å². The zero-order valence-corrected chi connectivity index (χ0v) is 17.4. The SMILES string of the molecule is CCN1CCN(c2c(F)cc3c(=O)c(C(=O)O)cn(-c4ccc(C)cc4)c3c2F)CC1. The standard InChI is InChI=1S/C23H23F2N3O3/c1-3-26-8-10-27(11-9-26)21-18(24)12-16-20(19(21)25)28(13-17(22(16)29)23(30)31)15-6-4-14(2)5-7-15/h4-7,12-13H,3,8-11H2,1-2H3,(H,30,31). The van der Waals surface area contributed by atoms with Gasteiger partial charge < -0.3 is 19.5 Å². The number of rotatable bonds is 4. The molecule has 6 nitrogen and oxygen atoms in total. The van der Waals surface area contributed by atoms with Crippen molar-refractivity contribution in [1.82, 2.24) is 9.47 Å². The fourth-order valence-corrected chi connectivity index (χ4v) is 4.04. The van der Waals surface area contributed by atoms with E-state index in [0.717, 1.165) is 24.4 Å². The lowest BCUT2D eigenvalue weighted by Crippen LogP contribution is -2.46. The Balaban J connectivity index is 1.99. The monoisotopic (exact) mass is 427 g/mol. The highest BCUT2D eigenvalue weighted by Gasteiger charge is 2.27. The van der Waals surface area contributed by atoms with E-state index in [2.05, 4.69) is 4.90 Å². The van der Waals surface area contributed by atoms with Gasteiger partial charge in [-0.05, 0) is 31.7 Å². The Hall–Kier alpha value is -3.26. The summed E-state index contributed by atoms with van der Waals surface area (Å²) in [5.41, 5.74) is -0.333. The number of hydrogen-bond acceptors (Lipinski definition) is 4. The van der Waals surface area contributed by atoms with Gasteiger partial charge in [-0.1, -0.05) is 24.6 Å². The molecule has 1 saturated heterocycles. The smallest absolute Gasteiger partial charge is 0.341 e. The Morgan fingerprint density at radius 1 is 1.10 bits per heavy atom. The van der Waals surface area contributed by atoms with Crippen LogP contribution in [0.4, 0.5) is 14.5 Å². The van der Waals surface area contributed by atoms with Crippen LogP contribution in [-0.4, -0.2) is 53.3 Å². The highest BCUT2D eigenvalue weighted by atomic mass is 19.1. The van der Waals surface area contributed by atoms with Crippen molar-refractivity contribution in [1.29, 1.82) is 0 Å². The van der Waals surface area contributed by atoms with E-state index in [1.807, 2.05) is 13.8 Å². The zero-order chi connectivity index (χ0) is 22.3. The van der Waals surface area contributed by atoms with E-state index in [9.17, 15) is 14.7 Å². The van der Waals surface area contributed by atoms with E-state index < -0.39 is 28.6 Å². The third kappa shape index (κ3) is 3.67. The molecule has 1 aliphatic rings. The second-order valence-electron chi connectivity index (χ2n) is 7.72. The van der Waals surface area contributed by atoms with E-state index in [0.29, 0.717) is 31.9 Å². The van der Waals surface area contributed by atoms with Gasteiger partial charge in [0.05, 0.1) is 10.9 Å². The number of aryl methyl sites for hydroxylation is 1. The van der Waals surface area contributed by atoms with Gasteiger partial charge in [0.2, 0.25) is 5.43 Å². The lowest BCUT2D eigenvalue weighted by atomic mass is 10.1. The second-order valence-corrected chi connectivity index (χ2v) is 7.72. The van der Waals surface area contributed by atoms with Crippen molar-refractivity contribution in [3.8, 4) is 5.69 Å². The number of aromatic nitrogens is 1. The maximum absolute atomic E-state index is 15.8. The Kier molecular flexibility index (Phi) is 5.49. The Morgan fingerprint density at radius 3 is 2.32 bits per heavy atom. The van der Waals surface area contributed by atoms with Gasteiger partial charge in [0.15, 0.2) is 5.82 Å². The number of aromatic carboxylic acids is 1. The molecule has 31 heavy (non-hydrogen) atoms. The normalized spacial score (nSPS) is 14.9. The number of hydrogen-bond donors (Lipinski definition) is 1. The first-order valence-corrected chi connectivity index (χ1v) is 10.2. The van der Waals surface area contributed by atoms with Crippen LogP contribution in [0.25, 0.3) is 16.6 Å². The third-order valence-corrected chi connectivity index (χ3v) is 5.83. The summed E-state index contributed by atoms with van der Waals surface area (Å²) in [4.78, 5) is 28.2. The summed E-state index contributed by atoms with van der Waals surface area (Å²) in [5.74, 6) is -3.19. The number of nitrogens with zero attached hydrogens (tertiary/aromatic N) is 3. The molecule has 8 heteroatoms. The molecule has 0 radical (unpaired) electrons. The molecule has 2 aromatic carbocycles. The summed E-state index contributed by atoms with van der Waals surface area (Å²) < 4.78 is 32.2. The number of piperazine rings is 1.